The van der Waals surface area contributed by atoms with E-state index in [4.69, 9.17) is 5.73 Å². The monoisotopic (exact) mass is 293 g/mol. The van der Waals surface area contributed by atoms with Crippen LogP contribution in [-0.2, 0) is 11.8 Å². The van der Waals surface area contributed by atoms with Gasteiger partial charge in [-0.2, -0.15) is 5.10 Å². The Morgan fingerprint density at radius 2 is 2.38 bits per heavy atom. The molecule has 1 fully saturated rings. The summed E-state index contributed by atoms with van der Waals surface area (Å²) in [6.45, 7) is 7.15. The van der Waals surface area contributed by atoms with E-state index in [0.29, 0.717) is 19.1 Å². The molecule has 1 aromatic heterocycles. The number of amides is 1. The number of aryl methyl sites for hydroxylation is 2. The Kier molecular flexibility index (Phi) is 5.36. The first kappa shape index (κ1) is 16.0. The molecule has 1 aliphatic rings. The number of carbonyl (C=O) groups excluding carboxylic acids is 1. The molecule has 1 amide bonds. The highest BCUT2D eigenvalue weighted by atomic mass is 16.1. The van der Waals surface area contributed by atoms with Gasteiger partial charge in [0.15, 0.2) is 0 Å². The predicted octanol–water partition coefficient (Wildman–Crippen LogP) is 0.576. The molecule has 2 unspecified atom stereocenters. The maximum atomic E-state index is 12.1. The van der Waals surface area contributed by atoms with Crippen LogP contribution < -0.4 is 11.1 Å². The van der Waals surface area contributed by atoms with Crippen molar-refractivity contribution >= 4 is 5.91 Å². The van der Waals surface area contributed by atoms with Gasteiger partial charge in [0.2, 0.25) is 5.91 Å². The Bertz CT molecular complexity index is 484. The van der Waals surface area contributed by atoms with Crippen molar-refractivity contribution in [3.63, 3.8) is 0 Å². The standard InChI is InChI=1S/C15H27N5O/c1-11-14(10-19(3)18-11)12(2)20-8-4-5-13(9-20)15(21)17-7-6-16/h10,12-13H,4-9,16H2,1-3H3,(H,17,21). The van der Waals surface area contributed by atoms with Crippen LogP contribution in [0.1, 0.15) is 37.1 Å². The summed E-state index contributed by atoms with van der Waals surface area (Å²) in [6.07, 6.45) is 4.11. The molecule has 2 rings (SSSR count). The molecule has 3 N–H and O–H groups in total. The van der Waals surface area contributed by atoms with E-state index in [0.717, 1.165) is 31.6 Å². The van der Waals surface area contributed by atoms with Crippen LogP contribution in [0.25, 0.3) is 0 Å². The molecule has 1 saturated heterocycles. The van der Waals surface area contributed by atoms with E-state index in [1.807, 2.05) is 18.7 Å². The Hall–Kier alpha value is -1.40. The van der Waals surface area contributed by atoms with Crippen molar-refractivity contribution in [1.82, 2.24) is 20.0 Å². The maximum absolute atomic E-state index is 12.1. The van der Waals surface area contributed by atoms with E-state index in [1.165, 1.54) is 5.56 Å². The minimum atomic E-state index is 0.0738. The number of nitrogens with zero attached hydrogens (tertiary/aromatic N) is 3. The zero-order valence-electron chi connectivity index (χ0n) is 13.3. The van der Waals surface area contributed by atoms with Crippen LogP contribution in [0.5, 0.6) is 0 Å². The van der Waals surface area contributed by atoms with Crippen molar-refractivity contribution in [2.24, 2.45) is 18.7 Å². The minimum absolute atomic E-state index is 0.0738. The molecule has 118 valence electrons. The van der Waals surface area contributed by atoms with Crippen molar-refractivity contribution < 1.29 is 4.79 Å². The number of hydrogen-bond acceptors (Lipinski definition) is 4. The van der Waals surface area contributed by atoms with Crippen molar-refractivity contribution in [2.75, 3.05) is 26.2 Å². The summed E-state index contributed by atoms with van der Waals surface area (Å²) >= 11 is 0. The summed E-state index contributed by atoms with van der Waals surface area (Å²) in [4.78, 5) is 14.5. The van der Waals surface area contributed by atoms with Gasteiger partial charge in [-0.1, -0.05) is 0 Å². The zero-order valence-corrected chi connectivity index (χ0v) is 13.3. The largest absolute Gasteiger partial charge is 0.355 e. The normalized spacial score (nSPS) is 21.2. The van der Waals surface area contributed by atoms with Crippen LogP contribution >= 0.6 is 0 Å². The molecule has 1 aromatic rings. The second kappa shape index (κ2) is 7.04. The smallest absolute Gasteiger partial charge is 0.224 e. The summed E-state index contributed by atoms with van der Waals surface area (Å²) in [5.41, 5.74) is 7.76. The third-order valence-corrected chi connectivity index (χ3v) is 4.32. The van der Waals surface area contributed by atoms with E-state index in [2.05, 4.69) is 28.4 Å². The zero-order chi connectivity index (χ0) is 15.4. The van der Waals surface area contributed by atoms with Crippen molar-refractivity contribution in [2.45, 2.75) is 32.7 Å². The molecule has 1 aliphatic heterocycles. The van der Waals surface area contributed by atoms with Gasteiger partial charge in [-0.3, -0.25) is 14.4 Å². The highest BCUT2D eigenvalue weighted by molar-refractivity contribution is 5.78. The van der Waals surface area contributed by atoms with E-state index in [9.17, 15) is 4.79 Å². The molecule has 2 atom stereocenters. The summed E-state index contributed by atoms with van der Waals surface area (Å²) in [5.74, 6) is 0.213. The summed E-state index contributed by atoms with van der Waals surface area (Å²) in [5, 5.41) is 7.33. The quantitative estimate of drug-likeness (QED) is 0.832. The number of aromatic nitrogens is 2. The minimum Gasteiger partial charge on any atom is -0.355 e. The van der Waals surface area contributed by atoms with Crippen molar-refractivity contribution in [1.29, 1.82) is 0 Å². The molecule has 0 aromatic carbocycles. The lowest BCUT2D eigenvalue weighted by atomic mass is 9.94. The molecule has 0 radical (unpaired) electrons. The van der Waals surface area contributed by atoms with Gasteiger partial charge < -0.3 is 11.1 Å². The van der Waals surface area contributed by atoms with Crippen LogP contribution in [0.4, 0.5) is 0 Å². The fraction of sp³-hybridized carbons (Fsp3) is 0.733. The first-order valence-corrected chi connectivity index (χ1v) is 7.75. The lowest BCUT2D eigenvalue weighted by Gasteiger charge is -2.36. The van der Waals surface area contributed by atoms with Gasteiger partial charge in [0.1, 0.15) is 0 Å². The Morgan fingerprint density at radius 1 is 1.62 bits per heavy atom. The van der Waals surface area contributed by atoms with Gasteiger partial charge in [0.25, 0.3) is 0 Å². The highest BCUT2D eigenvalue weighted by Crippen LogP contribution is 2.28. The average molecular weight is 293 g/mol. The molecule has 2 heterocycles. The second-order valence-corrected chi connectivity index (χ2v) is 5.93. The molecule has 21 heavy (non-hydrogen) atoms. The third kappa shape index (κ3) is 3.83. The number of carbonyl (C=O) groups is 1. The van der Waals surface area contributed by atoms with Gasteiger partial charge in [-0.15, -0.1) is 0 Å². The molecule has 0 saturated carbocycles. The summed E-state index contributed by atoms with van der Waals surface area (Å²) < 4.78 is 1.86. The van der Waals surface area contributed by atoms with E-state index in [-0.39, 0.29) is 11.8 Å². The van der Waals surface area contributed by atoms with Crippen LogP contribution in [-0.4, -0.2) is 46.8 Å². The van der Waals surface area contributed by atoms with Gasteiger partial charge in [-0.25, -0.2) is 0 Å². The van der Waals surface area contributed by atoms with Crippen LogP contribution in [0.2, 0.25) is 0 Å². The number of nitrogens with two attached hydrogens (primary N) is 1. The first-order valence-electron chi connectivity index (χ1n) is 7.75. The SMILES string of the molecule is Cc1nn(C)cc1C(C)N1CCCC(C(=O)NCCN)C1. The predicted molar refractivity (Wildman–Crippen MR) is 82.7 cm³/mol. The number of piperidine rings is 1. The molecule has 0 spiro atoms. The maximum Gasteiger partial charge on any atom is 0.224 e. The third-order valence-electron chi connectivity index (χ3n) is 4.32. The number of nitrogens with one attached hydrogen (secondary N) is 1. The van der Waals surface area contributed by atoms with E-state index < -0.39 is 0 Å². The summed E-state index contributed by atoms with van der Waals surface area (Å²) in [6, 6.07) is 0.295. The molecular formula is C15H27N5O. The molecule has 0 bridgehead atoms. The van der Waals surface area contributed by atoms with Crippen molar-refractivity contribution in [3.8, 4) is 0 Å². The molecule has 6 heteroatoms. The first-order chi connectivity index (χ1) is 10.0. The number of rotatable bonds is 5. The van der Waals surface area contributed by atoms with E-state index >= 15 is 0 Å². The Morgan fingerprint density at radius 3 is 3.00 bits per heavy atom. The van der Waals surface area contributed by atoms with Crippen LogP contribution in [0, 0.1) is 12.8 Å². The second-order valence-electron chi connectivity index (χ2n) is 5.93. The summed E-state index contributed by atoms with van der Waals surface area (Å²) in [7, 11) is 1.95. The van der Waals surface area contributed by atoms with E-state index in [1.54, 1.807) is 0 Å². The topological polar surface area (TPSA) is 76.2 Å². The van der Waals surface area contributed by atoms with Gasteiger partial charge >= 0.3 is 0 Å². The number of likely N-dealkylation sites (tertiary alicyclic amines) is 1. The Balaban J connectivity index is 2.00. The van der Waals surface area contributed by atoms with Gasteiger partial charge in [0, 0.05) is 44.5 Å². The van der Waals surface area contributed by atoms with Gasteiger partial charge in [-0.05, 0) is 33.2 Å². The lowest BCUT2D eigenvalue weighted by molar-refractivity contribution is -0.126. The Labute approximate surface area is 126 Å². The average Bonchev–Trinajstić information content (AvgIpc) is 2.82. The fourth-order valence-corrected chi connectivity index (χ4v) is 3.14. The molecular weight excluding hydrogens is 266 g/mol. The number of hydrogen-bond donors (Lipinski definition) is 2. The van der Waals surface area contributed by atoms with Crippen LogP contribution in [0.3, 0.4) is 0 Å². The van der Waals surface area contributed by atoms with Crippen molar-refractivity contribution in [3.05, 3.63) is 17.5 Å². The van der Waals surface area contributed by atoms with Gasteiger partial charge in [0.05, 0.1) is 11.6 Å². The molecule has 0 aliphatic carbocycles. The van der Waals surface area contributed by atoms with Crippen LogP contribution in [0.15, 0.2) is 6.20 Å². The highest BCUT2D eigenvalue weighted by Gasteiger charge is 2.29. The fourth-order valence-electron chi connectivity index (χ4n) is 3.14. The molecule has 6 nitrogen and oxygen atoms in total. The lowest BCUT2D eigenvalue weighted by Crippen LogP contribution is -2.44.